The summed E-state index contributed by atoms with van der Waals surface area (Å²) in [5, 5.41) is 4.43. The molecule has 0 saturated carbocycles. The van der Waals surface area contributed by atoms with Gasteiger partial charge in [0.15, 0.2) is 17.2 Å². The third kappa shape index (κ3) is 2.22. The number of nitrogens with two attached hydrogens (primary N) is 1. The van der Waals surface area contributed by atoms with Crippen LogP contribution in [-0.4, -0.2) is 21.7 Å². The average molecular weight is 254 g/mol. The first-order valence-electron chi connectivity index (χ1n) is 5.99. The average Bonchev–Trinajstić information content (AvgIpc) is 2.83. The Bertz CT molecular complexity index is 703. The third-order valence-corrected chi connectivity index (χ3v) is 2.93. The lowest BCUT2D eigenvalue weighted by Crippen LogP contribution is -1.93. The predicted octanol–water partition coefficient (Wildman–Crippen LogP) is 1.91. The Labute approximate surface area is 110 Å². The molecule has 0 fully saturated rings. The largest absolute Gasteiger partial charge is 0.493 e. The molecular weight excluding hydrogens is 240 g/mol. The van der Waals surface area contributed by atoms with E-state index in [9.17, 15) is 0 Å². The summed E-state index contributed by atoms with van der Waals surface area (Å²) in [5.41, 5.74) is 8.29. The van der Waals surface area contributed by atoms with Crippen LogP contribution in [0.1, 0.15) is 11.4 Å². The SMILES string of the molecule is COc1cccn2nc(Cc3ccc(N)cc3)nc12. The van der Waals surface area contributed by atoms with E-state index in [2.05, 4.69) is 10.1 Å². The Kier molecular flexibility index (Phi) is 2.79. The highest BCUT2D eigenvalue weighted by Gasteiger charge is 2.08. The van der Waals surface area contributed by atoms with Crippen molar-refractivity contribution in [1.29, 1.82) is 0 Å². The van der Waals surface area contributed by atoms with Crippen LogP contribution in [-0.2, 0) is 6.42 Å². The van der Waals surface area contributed by atoms with Gasteiger partial charge in [0.05, 0.1) is 7.11 Å². The number of methoxy groups -OCH3 is 1. The zero-order valence-electron chi connectivity index (χ0n) is 10.6. The molecule has 96 valence electrons. The van der Waals surface area contributed by atoms with Gasteiger partial charge in [0.1, 0.15) is 0 Å². The van der Waals surface area contributed by atoms with Gasteiger partial charge in [-0.05, 0) is 29.8 Å². The molecule has 2 N–H and O–H groups in total. The number of pyridine rings is 1. The zero-order chi connectivity index (χ0) is 13.2. The molecule has 2 heterocycles. The van der Waals surface area contributed by atoms with Crippen molar-refractivity contribution in [3.63, 3.8) is 0 Å². The molecule has 3 rings (SSSR count). The summed E-state index contributed by atoms with van der Waals surface area (Å²) < 4.78 is 6.99. The number of hydrogen-bond acceptors (Lipinski definition) is 4. The third-order valence-electron chi connectivity index (χ3n) is 2.93. The Morgan fingerprint density at radius 1 is 1.21 bits per heavy atom. The monoisotopic (exact) mass is 254 g/mol. The van der Waals surface area contributed by atoms with Gasteiger partial charge < -0.3 is 10.5 Å². The molecule has 3 aromatic rings. The molecule has 0 aliphatic carbocycles. The van der Waals surface area contributed by atoms with E-state index in [1.807, 2.05) is 42.6 Å². The number of anilines is 1. The molecule has 19 heavy (non-hydrogen) atoms. The lowest BCUT2D eigenvalue weighted by atomic mass is 10.1. The van der Waals surface area contributed by atoms with Crippen LogP contribution in [0.3, 0.4) is 0 Å². The summed E-state index contributed by atoms with van der Waals surface area (Å²) in [7, 11) is 1.63. The molecule has 0 aliphatic heterocycles. The Morgan fingerprint density at radius 2 is 2.00 bits per heavy atom. The molecule has 0 amide bonds. The molecule has 0 bridgehead atoms. The van der Waals surface area contributed by atoms with Gasteiger partial charge in [0.25, 0.3) is 0 Å². The first-order chi connectivity index (χ1) is 9.26. The molecule has 0 radical (unpaired) electrons. The van der Waals surface area contributed by atoms with Crippen LogP contribution in [0.15, 0.2) is 42.6 Å². The molecular formula is C14H14N4O. The van der Waals surface area contributed by atoms with Gasteiger partial charge in [0, 0.05) is 18.3 Å². The summed E-state index contributed by atoms with van der Waals surface area (Å²) in [6.07, 6.45) is 2.53. The minimum absolute atomic E-state index is 0.672. The molecule has 0 saturated heterocycles. The molecule has 2 aromatic heterocycles. The van der Waals surface area contributed by atoms with E-state index in [1.54, 1.807) is 11.6 Å². The minimum atomic E-state index is 0.672. The molecule has 0 atom stereocenters. The normalized spacial score (nSPS) is 10.8. The highest BCUT2D eigenvalue weighted by atomic mass is 16.5. The maximum Gasteiger partial charge on any atom is 0.198 e. The van der Waals surface area contributed by atoms with Crippen LogP contribution in [0.4, 0.5) is 5.69 Å². The molecule has 1 aromatic carbocycles. The zero-order valence-corrected chi connectivity index (χ0v) is 10.6. The fourth-order valence-corrected chi connectivity index (χ4v) is 1.98. The van der Waals surface area contributed by atoms with Crippen LogP contribution < -0.4 is 10.5 Å². The van der Waals surface area contributed by atoms with Gasteiger partial charge in [-0.3, -0.25) is 0 Å². The maximum atomic E-state index is 5.67. The van der Waals surface area contributed by atoms with Gasteiger partial charge in [0.2, 0.25) is 0 Å². The number of fused-ring (bicyclic) bond motifs is 1. The van der Waals surface area contributed by atoms with E-state index in [4.69, 9.17) is 10.5 Å². The minimum Gasteiger partial charge on any atom is -0.493 e. The molecule has 5 heteroatoms. The van der Waals surface area contributed by atoms with Gasteiger partial charge in [-0.25, -0.2) is 9.50 Å². The molecule has 0 unspecified atom stereocenters. The van der Waals surface area contributed by atoms with Crippen LogP contribution >= 0.6 is 0 Å². The fraction of sp³-hybridized carbons (Fsp3) is 0.143. The molecule has 0 aliphatic rings. The van der Waals surface area contributed by atoms with Crippen molar-refractivity contribution in [2.45, 2.75) is 6.42 Å². The van der Waals surface area contributed by atoms with Gasteiger partial charge in [-0.2, -0.15) is 5.10 Å². The Balaban J connectivity index is 1.95. The van der Waals surface area contributed by atoms with Crippen LogP contribution in [0.5, 0.6) is 5.75 Å². The van der Waals surface area contributed by atoms with E-state index >= 15 is 0 Å². The summed E-state index contributed by atoms with van der Waals surface area (Å²) in [5.74, 6) is 1.48. The maximum absolute atomic E-state index is 5.67. The van der Waals surface area contributed by atoms with Crippen LogP contribution in [0.25, 0.3) is 5.65 Å². The number of aromatic nitrogens is 3. The van der Waals surface area contributed by atoms with E-state index in [1.165, 1.54) is 0 Å². The van der Waals surface area contributed by atoms with Gasteiger partial charge in [-0.15, -0.1) is 0 Å². The number of ether oxygens (including phenoxy) is 1. The molecule has 5 nitrogen and oxygen atoms in total. The lowest BCUT2D eigenvalue weighted by Gasteiger charge is -1.98. The standard InChI is InChI=1S/C14H14N4O/c1-19-12-3-2-8-18-14(12)16-13(17-18)9-10-4-6-11(15)7-5-10/h2-8H,9,15H2,1H3. The number of rotatable bonds is 3. The topological polar surface area (TPSA) is 65.4 Å². The first-order valence-corrected chi connectivity index (χ1v) is 5.99. The van der Waals surface area contributed by atoms with E-state index in [0.717, 1.165) is 28.5 Å². The number of hydrogen-bond donors (Lipinski definition) is 1. The number of nitrogen functional groups attached to an aromatic ring is 1. The smallest absolute Gasteiger partial charge is 0.198 e. The molecule has 0 spiro atoms. The summed E-state index contributed by atoms with van der Waals surface area (Å²) in [4.78, 5) is 4.50. The van der Waals surface area contributed by atoms with Crippen molar-refractivity contribution >= 4 is 11.3 Å². The predicted molar refractivity (Wildman–Crippen MR) is 73.2 cm³/mol. The van der Waals surface area contributed by atoms with Crippen molar-refractivity contribution < 1.29 is 4.74 Å². The van der Waals surface area contributed by atoms with Crippen molar-refractivity contribution in [3.8, 4) is 5.75 Å². The van der Waals surface area contributed by atoms with Crippen molar-refractivity contribution in [1.82, 2.24) is 14.6 Å². The van der Waals surface area contributed by atoms with Crippen molar-refractivity contribution in [2.75, 3.05) is 12.8 Å². The highest BCUT2D eigenvalue weighted by Crippen LogP contribution is 2.18. The Hall–Kier alpha value is -2.56. The fourth-order valence-electron chi connectivity index (χ4n) is 1.98. The highest BCUT2D eigenvalue weighted by molar-refractivity contribution is 5.52. The second-order valence-electron chi connectivity index (χ2n) is 4.29. The van der Waals surface area contributed by atoms with E-state index in [-0.39, 0.29) is 0 Å². The number of benzene rings is 1. The van der Waals surface area contributed by atoms with E-state index in [0.29, 0.717) is 6.42 Å². The van der Waals surface area contributed by atoms with Crippen molar-refractivity contribution in [3.05, 3.63) is 54.0 Å². The summed E-state index contributed by atoms with van der Waals surface area (Å²) in [6.45, 7) is 0. The quantitative estimate of drug-likeness (QED) is 0.725. The summed E-state index contributed by atoms with van der Waals surface area (Å²) >= 11 is 0. The number of nitrogens with zero attached hydrogens (tertiary/aromatic N) is 3. The van der Waals surface area contributed by atoms with Crippen LogP contribution in [0.2, 0.25) is 0 Å². The second-order valence-corrected chi connectivity index (χ2v) is 4.29. The van der Waals surface area contributed by atoms with Crippen molar-refractivity contribution in [2.24, 2.45) is 0 Å². The van der Waals surface area contributed by atoms with Crippen LogP contribution in [0, 0.1) is 0 Å². The Morgan fingerprint density at radius 3 is 2.74 bits per heavy atom. The second kappa shape index (κ2) is 4.61. The first kappa shape index (κ1) is 11.5. The summed E-state index contributed by atoms with van der Waals surface area (Å²) in [6, 6.07) is 11.5. The van der Waals surface area contributed by atoms with Gasteiger partial charge in [-0.1, -0.05) is 12.1 Å². The lowest BCUT2D eigenvalue weighted by molar-refractivity contribution is 0.416. The van der Waals surface area contributed by atoms with E-state index < -0.39 is 0 Å². The van der Waals surface area contributed by atoms with Gasteiger partial charge >= 0.3 is 0 Å².